The monoisotopic (exact) mass is 282 g/mol. The molecule has 2 rings (SSSR count). The minimum Gasteiger partial charge on any atom is -0.452 e. The topological polar surface area (TPSA) is 59.5 Å². The van der Waals surface area contributed by atoms with Crippen LogP contribution in [-0.4, -0.2) is 34.4 Å². The van der Waals surface area contributed by atoms with Crippen molar-refractivity contribution in [1.29, 1.82) is 0 Å². The van der Waals surface area contributed by atoms with Gasteiger partial charge in [0.05, 0.1) is 6.54 Å². The van der Waals surface area contributed by atoms with Crippen molar-refractivity contribution in [3.8, 4) is 0 Å². The lowest BCUT2D eigenvalue weighted by atomic mass is 10.1. The molecule has 1 amide bonds. The third-order valence-electron chi connectivity index (χ3n) is 2.87. The highest BCUT2D eigenvalue weighted by atomic mass is 32.1. The SMILES string of the molecule is CC(C)CN(Cc1nccs1)C(=O)[C@H]1CCC(=O)O1. The predicted octanol–water partition coefficient (Wildman–Crippen LogP) is 1.83. The minimum atomic E-state index is -0.605. The number of ether oxygens (including phenoxy) is 1. The molecular weight excluding hydrogens is 264 g/mol. The van der Waals surface area contributed by atoms with Gasteiger partial charge in [-0.1, -0.05) is 13.8 Å². The summed E-state index contributed by atoms with van der Waals surface area (Å²) in [7, 11) is 0. The molecule has 1 aromatic rings. The summed E-state index contributed by atoms with van der Waals surface area (Å²) in [5.74, 6) is -0.0205. The maximum absolute atomic E-state index is 12.4. The summed E-state index contributed by atoms with van der Waals surface area (Å²) < 4.78 is 5.06. The first-order valence-electron chi connectivity index (χ1n) is 6.43. The maximum atomic E-state index is 12.4. The minimum absolute atomic E-state index is 0.102. The fourth-order valence-electron chi connectivity index (χ4n) is 2.07. The number of rotatable bonds is 5. The quantitative estimate of drug-likeness (QED) is 0.773. The van der Waals surface area contributed by atoms with Gasteiger partial charge in [-0.05, 0) is 5.92 Å². The van der Waals surface area contributed by atoms with E-state index in [2.05, 4.69) is 18.8 Å². The summed E-state index contributed by atoms with van der Waals surface area (Å²) in [6, 6.07) is 0. The van der Waals surface area contributed by atoms with Crippen LogP contribution >= 0.6 is 11.3 Å². The van der Waals surface area contributed by atoms with Gasteiger partial charge in [0.25, 0.3) is 5.91 Å². The molecule has 0 spiro atoms. The number of amides is 1. The van der Waals surface area contributed by atoms with E-state index < -0.39 is 6.10 Å². The molecule has 0 aromatic carbocycles. The number of thiazole rings is 1. The van der Waals surface area contributed by atoms with E-state index in [0.717, 1.165) is 5.01 Å². The average Bonchev–Trinajstić information content (AvgIpc) is 2.98. The van der Waals surface area contributed by atoms with Crippen LogP contribution in [0.4, 0.5) is 0 Å². The standard InChI is InChI=1S/C13H18N2O3S/c1-9(2)7-15(8-11-14-5-6-19-11)13(17)10-3-4-12(16)18-10/h5-6,9-10H,3-4,7-8H2,1-2H3/t10-/m1/s1. The zero-order valence-corrected chi connectivity index (χ0v) is 12.0. The molecule has 0 unspecified atom stereocenters. The summed E-state index contributed by atoms with van der Waals surface area (Å²) in [5.41, 5.74) is 0. The first kappa shape index (κ1) is 14.0. The summed E-state index contributed by atoms with van der Waals surface area (Å²) in [4.78, 5) is 29.4. The molecule has 1 aromatic heterocycles. The summed E-state index contributed by atoms with van der Waals surface area (Å²) >= 11 is 1.53. The van der Waals surface area contributed by atoms with Crippen molar-refractivity contribution in [1.82, 2.24) is 9.88 Å². The molecule has 104 valence electrons. The second-order valence-electron chi connectivity index (χ2n) is 5.06. The van der Waals surface area contributed by atoms with Gasteiger partial charge in [0.15, 0.2) is 6.10 Å². The lowest BCUT2D eigenvalue weighted by molar-refractivity contribution is -0.153. The number of carbonyl (C=O) groups excluding carboxylic acids is 2. The molecular formula is C13H18N2O3S. The van der Waals surface area contributed by atoms with Crippen LogP contribution in [0.25, 0.3) is 0 Å². The Morgan fingerprint density at radius 1 is 1.63 bits per heavy atom. The molecule has 0 saturated carbocycles. The molecule has 1 aliphatic heterocycles. The van der Waals surface area contributed by atoms with E-state index in [1.54, 1.807) is 11.1 Å². The Morgan fingerprint density at radius 2 is 2.42 bits per heavy atom. The molecule has 1 aliphatic rings. The third kappa shape index (κ3) is 3.76. The van der Waals surface area contributed by atoms with Crippen LogP contribution < -0.4 is 0 Å². The molecule has 2 heterocycles. The lowest BCUT2D eigenvalue weighted by Gasteiger charge is -2.25. The van der Waals surface area contributed by atoms with Gasteiger partial charge in [-0.2, -0.15) is 0 Å². The van der Waals surface area contributed by atoms with Gasteiger partial charge >= 0.3 is 5.97 Å². The largest absolute Gasteiger partial charge is 0.452 e. The van der Waals surface area contributed by atoms with Crippen LogP contribution in [-0.2, 0) is 20.9 Å². The predicted molar refractivity (Wildman–Crippen MR) is 71.5 cm³/mol. The van der Waals surface area contributed by atoms with Gasteiger partial charge in [0.1, 0.15) is 5.01 Å². The maximum Gasteiger partial charge on any atom is 0.306 e. The van der Waals surface area contributed by atoms with Crippen LogP contribution in [0.5, 0.6) is 0 Å². The van der Waals surface area contributed by atoms with E-state index in [1.165, 1.54) is 11.3 Å². The Morgan fingerprint density at radius 3 is 2.95 bits per heavy atom. The van der Waals surface area contributed by atoms with Crippen molar-refractivity contribution in [2.24, 2.45) is 5.92 Å². The van der Waals surface area contributed by atoms with Crippen LogP contribution in [0.15, 0.2) is 11.6 Å². The van der Waals surface area contributed by atoms with E-state index in [1.807, 2.05) is 5.38 Å². The Hall–Kier alpha value is -1.43. The summed E-state index contributed by atoms with van der Waals surface area (Å²) in [5, 5.41) is 2.79. The Kier molecular flexibility index (Phi) is 4.52. The van der Waals surface area contributed by atoms with Gasteiger partial charge < -0.3 is 9.64 Å². The molecule has 0 N–H and O–H groups in total. The Bertz CT molecular complexity index is 445. The molecule has 19 heavy (non-hydrogen) atoms. The van der Waals surface area contributed by atoms with Crippen molar-refractivity contribution in [3.63, 3.8) is 0 Å². The molecule has 6 heteroatoms. The molecule has 0 aliphatic carbocycles. The molecule has 1 saturated heterocycles. The van der Waals surface area contributed by atoms with Crippen LogP contribution in [0.1, 0.15) is 31.7 Å². The van der Waals surface area contributed by atoms with Crippen molar-refractivity contribution >= 4 is 23.2 Å². The first-order valence-corrected chi connectivity index (χ1v) is 7.31. The van der Waals surface area contributed by atoms with Crippen molar-refractivity contribution in [2.45, 2.75) is 39.3 Å². The number of hydrogen-bond donors (Lipinski definition) is 0. The van der Waals surface area contributed by atoms with E-state index in [-0.39, 0.29) is 11.9 Å². The number of carbonyl (C=O) groups is 2. The second kappa shape index (κ2) is 6.14. The smallest absolute Gasteiger partial charge is 0.306 e. The average molecular weight is 282 g/mol. The van der Waals surface area contributed by atoms with Gasteiger partial charge in [-0.3, -0.25) is 9.59 Å². The molecule has 0 radical (unpaired) electrons. The third-order valence-corrected chi connectivity index (χ3v) is 3.63. The Balaban J connectivity index is 2.03. The fourth-order valence-corrected chi connectivity index (χ4v) is 2.70. The number of nitrogens with zero attached hydrogens (tertiary/aromatic N) is 2. The van der Waals surface area contributed by atoms with E-state index in [0.29, 0.717) is 31.8 Å². The summed E-state index contributed by atoms with van der Waals surface area (Å²) in [6.07, 6.45) is 1.95. The zero-order valence-electron chi connectivity index (χ0n) is 11.2. The number of hydrogen-bond acceptors (Lipinski definition) is 5. The van der Waals surface area contributed by atoms with Gasteiger partial charge in [0, 0.05) is 31.0 Å². The highest BCUT2D eigenvalue weighted by Crippen LogP contribution is 2.19. The second-order valence-corrected chi connectivity index (χ2v) is 6.03. The van der Waals surface area contributed by atoms with E-state index in [9.17, 15) is 9.59 Å². The molecule has 1 fully saturated rings. The zero-order chi connectivity index (χ0) is 13.8. The van der Waals surface area contributed by atoms with Gasteiger partial charge in [-0.15, -0.1) is 11.3 Å². The van der Waals surface area contributed by atoms with Crippen LogP contribution in [0, 0.1) is 5.92 Å². The van der Waals surface area contributed by atoms with Crippen molar-refractivity contribution in [2.75, 3.05) is 6.54 Å². The molecule has 0 bridgehead atoms. The fraction of sp³-hybridized carbons (Fsp3) is 0.615. The first-order chi connectivity index (χ1) is 9.06. The molecule has 1 atom stereocenters. The van der Waals surface area contributed by atoms with Crippen LogP contribution in [0.3, 0.4) is 0 Å². The van der Waals surface area contributed by atoms with Crippen LogP contribution in [0.2, 0.25) is 0 Å². The summed E-state index contributed by atoms with van der Waals surface area (Å²) in [6.45, 7) is 5.25. The number of aromatic nitrogens is 1. The van der Waals surface area contributed by atoms with Gasteiger partial charge in [0.2, 0.25) is 0 Å². The lowest BCUT2D eigenvalue weighted by Crippen LogP contribution is -2.40. The van der Waals surface area contributed by atoms with E-state index >= 15 is 0 Å². The number of cyclic esters (lactones) is 1. The van der Waals surface area contributed by atoms with E-state index in [4.69, 9.17) is 4.74 Å². The van der Waals surface area contributed by atoms with Crippen molar-refractivity contribution < 1.29 is 14.3 Å². The normalized spacial score (nSPS) is 18.7. The highest BCUT2D eigenvalue weighted by molar-refractivity contribution is 7.09. The Labute approximate surface area is 116 Å². The van der Waals surface area contributed by atoms with Gasteiger partial charge in [-0.25, -0.2) is 4.98 Å². The van der Waals surface area contributed by atoms with Crippen molar-refractivity contribution in [3.05, 3.63) is 16.6 Å². The highest BCUT2D eigenvalue weighted by Gasteiger charge is 2.33. The molecule has 5 nitrogen and oxygen atoms in total. The number of esters is 1.